The molecule has 2 saturated heterocycles. The summed E-state index contributed by atoms with van der Waals surface area (Å²) in [6.45, 7) is 26.1. The van der Waals surface area contributed by atoms with Crippen molar-refractivity contribution in [2.24, 2.45) is 10.8 Å². The first-order valence-electron chi connectivity index (χ1n) is 19.4. The van der Waals surface area contributed by atoms with Crippen molar-refractivity contribution in [2.75, 3.05) is 37.6 Å². The summed E-state index contributed by atoms with van der Waals surface area (Å²) in [5, 5.41) is 10.8. The van der Waals surface area contributed by atoms with Crippen LogP contribution in [0, 0.1) is 30.5 Å². The van der Waals surface area contributed by atoms with E-state index < -0.39 is 17.7 Å². The van der Waals surface area contributed by atoms with Crippen molar-refractivity contribution in [3.8, 4) is 11.1 Å². The van der Waals surface area contributed by atoms with Crippen LogP contribution >= 0.6 is 0 Å². The number of carboxylic acid groups (broad SMARTS) is 1. The first-order valence-corrected chi connectivity index (χ1v) is 19.4. The summed E-state index contributed by atoms with van der Waals surface area (Å²) >= 11 is 0. The zero-order valence-electron chi connectivity index (χ0n) is 33.2. The van der Waals surface area contributed by atoms with E-state index in [9.17, 15) is 14.3 Å². The van der Waals surface area contributed by atoms with Gasteiger partial charge in [-0.25, -0.2) is 9.18 Å². The molecule has 0 amide bonds. The molecule has 0 spiro atoms. The summed E-state index contributed by atoms with van der Waals surface area (Å²) in [6, 6.07) is 11.9. The van der Waals surface area contributed by atoms with Crippen molar-refractivity contribution in [3.05, 3.63) is 81.4 Å². The van der Waals surface area contributed by atoms with Gasteiger partial charge in [-0.05, 0) is 131 Å². The van der Waals surface area contributed by atoms with Crippen molar-refractivity contribution in [1.29, 1.82) is 0 Å². The molecule has 3 aliphatic heterocycles. The highest BCUT2D eigenvalue weighted by Crippen LogP contribution is 2.46. The molecule has 4 heterocycles. The van der Waals surface area contributed by atoms with Gasteiger partial charge in [0, 0.05) is 56.1 Å². The number of pyridine rings is 1. The predicted molar refractivity (Wildman–Crippen MR) is 208 cm³/mol. The summed E-state index contributed by atoms with van der Waals surface area (Å²) in [5.41, 5.74) is 10.2. The van der Waals surface area contributed by atoms with E-state index in [0.29, 0.717) is 11.0 Å². The molecular formula is C44H61FN4O3. The number of aliphatic carboxylic acids is 1. The van der Waals surface area contributed by atoms with Gasteiger partial charge in [-0.1, -0.05) is 52.0 Å². The van der Waals surface area contributed by atoms with Crippen molar-refractivity contribution < 1.29 is 19.0 Å². The summed E-state index contributed by atoms with van der Waals surface area (Å²) in [4.78, 5) is 25.9. The molecule has 6 rings (SSSR count). The van der Waals surface area contributed by atoms with Crippen LogP contribution in [-0.2, 0) is 35.6 Å². The molecule has 0 bridgehead atoms. The van der Waals surface area contributed by atoms with Gasteiger partial charge in [0.05, 0.1) is 17.0 Å². The second-order valence-corrected chi connectivity index (χ2v) is 18.3. The van der Waals surface area contributed by atoms with Crippen LogP contribution < -0.4 is 4.90 Å². The zero-order valence-corrected chi connectivity index (χ0v) is 33.2. The maximum atomic E-state index is 13.8. The first kappa shape index (κ1) is 38.4. The summed E-state index contributed by atoms with van der Waals surface area (Å²) in [7, 11) is 0. The number of aryl methyl sites for hydroxylation is 2. The van der Waals surface area contributed by atoms with E-state index in [1.54, 1.807) is 12.1 Å². The van der Waals surface area contributed by atoms with E-state index in [2.05, 4.69) is 60.6 Å². The van der Waals surface area contributed by atoms with E-state index in [1.165, 1.54) is 11.1 Å². The molecule has 1 atom stereocenters. The fourth-order valence-electron chi connectivity index (χ4n) is 8.25. The number of carboxylic acids is 1. The minimum Gasteiger partial charge on any atom is -0.479 e. The maximum Gasteiger partial charge on any atom is 0.337 e. The topological polar surface area (TPSA) is 69.1 Å². The molecule has 7 nitrogen and oxygen atoms in total. The van der Waals surface area contributed by atoms with Gasteiger partial charge >= 0.3 is 5.97 Å². The lowest BCUT2D eigenvalue weighted by Crippen LogP contribution is -2.40. The number of aromatic nitrogens is 1. The smallest absolute Gasteiger partial charge is 0.337 e. The molecule has 8 heteroatoms. The quantitative estimate of drug-likeness (QED) is 0.237. The van der Waals surface area contributed by atoms with E-state index in [1.807, 2.05) is 40.7 Å². The molecule has 0 radical (unpaired) electrons. The Labute approximate surface area is 311 Å². The highest BCUT2D eigenvalue weighted by atomic mass is 19.1. The van der Waals surface area contributed by atoms with Gasteiger partial charge in [0.15, 0.2) is 6.10 Å². The molecular weight excluding hydrogens is 652 g/mol. The molecule has 282 valence electrons. The average Bonchev–Trinajstić information content (AvgIpc) is 3.05. The van der Waals surface area contributed by atoms with Gasteiger partial charge in [-0.15, -0.1) is 0 Å². The summed E-state index contributed by atoms with van der Waals surface area (Å²) in [5.74, 6) is -1.18. The molecule has 3 aliphatic rings. The first-order chi connectivity index (χ1) is 24.4. The van der Waals surface area contributed by atoms with Crippen molar-refractivity contribution in [2.45, 2.75) is 126 Å². The fraction of sp³-hybridized carbons (Fsp3) is 0.591. The molecule has 0 unspecified atom stereocenters. The Bertz CT molecular complexity index is 1770. The Kier molecular flexibility index (Phi) is 11.0. The number of rotatable bonds is 9. The Morgan fingerprint density at radius 2 is 1.54 bits per heavy atom. The lowest BCUT2D eigenvalue weighted by Gasteiger charge is -2.42. The number of anilines is 1. The third kappa shape index (κ3) is 8.88. The number of ether oxygens (including phenoxy) is 1. The average molecular weight is 713 g/mol. The number of fused-ring (bicyclic) bond motifs is 1. The number of benzene rings is 2. The predicted octanol–water partition coefficient (Wildman–Crippen LogP) is 9.25. The van der Waals surface area contributed by atoms with Crippen LogP contribution in [0.3, 0.4) is 0 Å². The number of hydrogen-bond acceptors (Lipinski definition) is 6. The van der Waals surface area contributed by atoms with Crippen molar-refractivity contribution in [1.82, 2.24) is 14.8 Å². The number of piperidine rings is 2. The van der Waals surface area contributed by atoms with Gasteiger partial charge in [0.2, 0.25) is 0 Å². The summed E-state index contributed by atoms with van der Waals surface area (Å²) < 4.78 is 20.2. The summed E-state index contributed by atoms with van der Waals surface area (Å²) in [6.07, 6.45) is 4.08. The number of nitrogens with zero attached hydrogens (tertiary/aromatic N) is 4. The molecule has 2 fully saturated rings. The van der Waals surface area contributed by atoms with Crippen LogP contribution in [0.15, 0.2) is 36.4 Å². The lowest BCUT2D eigenvalue weighted by atomic mass is 9.81. The van der Waals surface area contributed by atoms with E-state index in [-0.39, 0.29) is 11.2 Å². The number of likely N-dealkylation sites (tertiary alicyclic amines) is 1. The minimum atomic E-state index is -1.15. The van der Waals surface area contributed by atoms with Gasteiger partial charge in [0.25, 0.3) is 0 Å². The maximum absolute atomic E-state index is 13.8. The highest BCUT2D eigenvalue weighted by molar-refractivity contribution is 5.88. The van der Waals surface area contributed by atoms with Crippen LogP contribution in [0.1, 0.15) is 119 Å². The Morgan fingerprint density at radius 3 is 2.15 bits per heavy atom. The van der Waals surface area contributed by atoms with Crippen molar-refractivity contribution >= 4 is 11.7 Å². The molecule has 1 aromatic heterocycles. The molecule has 0 aliphatic carbocycles. The third-order valence-corrected chi connectivity index (χ3v) is 11.7. The van der Waals surface area contributed by atoms with E-state index >= 15 is 0 Å². The van der Waals surface area contributed by atoms with Gasteiger partial charge in [-0.2, -0.15) is 0 Å². The molecule has 3 aromatic rings. The van der Waals surface area contributed by atoms with Gasteiger partial charge in [0.1, 0.15) is 5.82 Å². The minimum absolute atomic E-state index is 0.192. The van der Waals surface area contributed by atoms with Crippen LogP contribution in [0.5, 0.6) is 0 Å². The molecule has 2 aromatic carbocycles. The number of carbonyl (C=O) groups is 1. The van der Waals surface area contributed by atoms with E-state index in [4.69, 9.17) is 9.72 Å². The Balaban J connectivity index is 1.47. The van der Waals surface area contributed by atoms with Crippen LogP contribution in [0.4, 0.5) is 10.1 Å². The third-order valence-electron chi connectivity index (χ3n) is 11.7. The van der Waals surface area contributed by atoms with Crippen LogP contribution in [0.2, 0.25) is 0 Å². The highest BCUT2D eigenvalue weighted by Gasteiger charge is 2.38. The van der Waals surface area contributed by atoms with Gasteiger partial charge in [-0.3, -0.25) is 14.8 Å². The number of halogens is 1. The Hall–Kier alpha value is -3.33. The largest absolute Gasteiger partial charge is 0.479 e. The second-order valence-electron chi connectivity index (χ2n) is 18.3. The molecule has 52 heavy (non-hydrogen) atoms. The van der Waals surface area contributed by atoms with Gasteiger partial charge < -0.3 is 14.7 Å². The SMILES string of the molecule is Cc1cc(F)ccc1CN1CCc2cc(-c3c(CN4CCC(C)(C)CC4)nc(C)c([C@H](OC(C)(C)C)C(=O)O)c3N3CCC(C)(C)CC3)ccc2C1. The normalized spacial score (nSPS) is 20.1. The number of hydrogen-bond donors (Lipinski definition) is 1. The zero-order chi connectivity index (χ0) is 37.6. The fourth-order valence-corrected chi connectivity index (χ4v) is 8.25. The standard InChI is InChI=1S/C44H61FN4O3/c1-29-24-35(45)13-12-33(29)26-48-19-14-31-25-32(10-11-34(31)27-48)38-36(28-47-20-15-43(6,7)16-21-47)46-30(2)37(40(41(50)51)52-42(3,4)5)39(38)49-22-17-44(8,9)18-23-49/h10-13,24-25,40H,14-23,26-28H2,1-9H3,(H,50,51)/t40-/m0/s1. The molecule has 0 saturated carbocycles. The monoisotopic (exact) mass is 712 g/mol. The second kappa shape index (κ2) is 14.8. The lowest BCUT2D eigenvalue weighted by molar-refractivity contribution is -0.160. The van der Waals surface area contributed by atoms with E-state index in [0.717, 1.165) is 124 Å². The van der Waals surface area contributed by atoms with Crippen LogP contribution in [0.25, 0.3) is 11.1 Å². The van der Waals surface area contributed by atoms with Crippen molar-refractivity contribution in [3.63, 3.8) is 0 Å². The van der Waals surface area contributed by atoms with Crippen LogP contribution in [-0.4, -0.2) is 64.2 Å². The molecule has 1 N–H and O–H groups in total. The Morgan fingerprint density at radius 1 is 0.885 bits per heavy atom.